The van der Waals surface area contributed by atoms with Crippen LogP contribution in [-0.4, -0.2) is 35.5 Å². The van der Waals surface area contributed by atoms with E-state index in [1.54, 1.807) is 12.1 Å². The van der Waals surface area contributed by atoms with Gasteiger partial charge >= 0.3 is 5.92 Å². The molecule has 120 valence electrons. The van der Waals surface area contributed by atoms with Gasteiger partial charge in [-0.15, -0.1) is 0 Å². The van der Waals surface area contributed by atoms with Crippen LogP contribution in [0.1, 0.15) is 35.2 Å². The van der Waals surface area contributed by atoms with Gasteiger partial charge in [-0.05, 0) is 37.0 Å². The Hall–Kier alpha value is -2.02. The largest absolute Gasteiger partial charge is 0.383 e. The Labute approximate surface area is 126 Å². The SMILES string of the molecule is CNC(=O)c1ccc(CNC(=O)C(F)(F)C2(O)CCC2)cc1. The third-order valence-corrected chi connectivity index (χ3v) is 3.95. The predicted octanol–water partition coefficient (Wildman–Crippen LogP) is 1.21. The Kier molecular flexibility index (Phi) is 4.46. The van der Waals surface area contributed by atoms with Crippen molar-refractivity contribution in [2.24, 2.45) is 0 Å². The zero-order valence-corrected chi connectivity index (χ0v) is 12.2. The molecular weight excluding hydrogens is 294 g/mol. The first-order valence-corrected chi connectivity index (χ1v) is 7.00. The Morgan fingerprint density at radius 1 is 1.27 bits per heavy atom. The molecule has 1 saturated carbocycles. The van der Waals surface area contributed by atoms with E-state index in [-0.39, 0.29) is 25.3 Å². The number of rotatable bonds is 5. The fourth-order valence-electron chi connectivity index (χ4n) is 2.25. The number of amides is 2. The summed E-state index contributed by atoms with van der Waals surface area (Å²) >= 11 is 0. The van der Waals surface area contributed by atoms with Gasteiger partial charge in [-0.2, -0.15) is 8.78 Å². The fraction of sp³-hybridized carbons (Fsp3) is 0.467. The molecule has 22 heavy (non-hydrogen) atoms. The summed E-state index contributed by atoms with van der Waals surface area (Å²) < 4.78 is 27.7. The van der Waals surface area contributed by atoms with Crippen LogP contribution in [-0.2, 0) is 11.3 Å². The standard InChI is InChI=1S/C15H18F2N2O3/c1-18-12(20)11-5-3-10(4-6-11)9-19-13(21)15(16,17)14(22)7-2-8-14/h3-6,22H,2,7-9H2,1H3,(H,18,20)(H,19,21). The van der Waals surface area contributed by atoms with E-state index in [1.807, 2.05) is 0 Å². The summed E-state index contributed by atoms with van der Waals surface area (Å²) in [5.41, 5.74) is -1.20. The third-order valence-electron chi connectivity index (χ3n) is 3.95. The smallest absolute Gasteiger partial charge is 0.352 e. The fourth-order valence-corrected chi connectivity index (χ4v) is 2.25. The first-order valence-electron chi connectivity index (χ1n) is 7.00. The highest BCUT2D eigenvalue weighted by Crippen LogP contribution is 2.44. The van der Waals surface area contributed by atoms with E-state index >= 15 is 0 Å². The summed E-state index contributed by atoms with van der Waals surface area (Å²) in [7, 11) is 1.50. The lowest BCUT2D eigenvalue weighted by molar-refractivity contribution is -0.216. The quantitative estimate of drug-likeness (QED) is 0.765. The summed E-state index contributed by atoms with van der Waals surface area (Å²) in [5.74, 6) is -5.53. The molecule has 0 atom stereocenters. The Morgan fingerprint density at radius 3 is 2.32 bits per heavy atom. The molecule has 0 radical (unpaired) electrons. The molecule has 0 bridgehead atoms. The number of aliphatic hydroxyl groups is 1. The van der Waals surface area contributed by atoms with Gasteiger partial charge in [-0.3, -0.25) is 9.59 Å². The van der Waals surface area contributed by atoms with Crippen molar-refractivity contribution < 1.29 is 23.5 Å². The lowest BCUT2D eigenvalue weighted by Gasteiger charge is -2.41. The van der Waals surface area contributed by atoms with Crippen molar-refractivity contribution in [2.75, 3.05) is 7.05 Å². The van der Waals surface area contributed by atoms with Crippen LogP contribution in [0.5, 0.6) is 0 Å². The molecule has 0 saturated heterocycles. The number of halogens is 2. The lowest BCUT2D eigenvalue weighted by atomic mass is 9.75. The van der Waals surface area contributed by atoms with Crippen LogP contribution in [0.4, 0.5) is 8.78 Å². The van der Waals surface area contributed by atoms with Gasteiger partial charge in [0.1, 0.15) is 5.60 Å². The van der Waals surface area contributed by atoms with Crippen molar-refractivity contribution >= 4 is 11.8 Å². The minimum atomic E-state index is -3.80. The van der Waals surface area contributed by atoms with Gasteiger partial charge in [0.2, 0.25) is 0 Å². The number of benzene rings is 1. The van der Waals surface area contributed by atoms with Crippen LogP contribution in [0.15, 0.2) is 24.3 Å². The number of carbonyl (C=O) groups excluding carboxylic acids is 2. The maximum absolute atomic E-state index is 13.9. The van der Waals surface area contributed by atoms with Crippen LogP contribution in [0.3, 0.4) is 0 Å². The molecule has 2 rings (SSSR count). The van der Waals surface area contributed by atoms with Crippen molar-refractivity contribution in [2.45, 2.75) is 37.3 Å². The molecule has 0 aliphatic heterocycles. The summed E-state index contributed by atoms with van der Waals surface area (Å²) in [6, 6.07) is 6.22. The van der Waals surface area contributed by atoms with Gasteiger partial charge in [0.15, 0.2) is 0 Å². The molecule has 1 fully saturated rings. The van der Waals surface area contributed by atoms with Gasteiger partial charge in [-0.25, -0.2) is 0 Å². The van der Waals surface area contributed by atoms with Crippen molar-refractivity contribution in [1.29, 1.82) is 0 Å². The average molecular weight is 312 g/mol. The third kappa shape index (κ3) is 2.94. The van der Waals surface area contributed by atoms with E-state index in [0.717, 1.165) is 0 Å². The zero-order valence-electron chi connectivity index (χ0n) is 12.2. The van der Waals surface area contributed by atoms with Gasteiger partial charge in [0.05, 0.1) is 0 Å². The topological polar surface area (TPSA) is 78.4 Å². The van der Waals surface area contributed by atoms with Crippen LogP contribution in [0, 0.1) is 0 Å². The number of alkyl halides is 2. The molecule has 2 amide bonds. The van der Waals surface area contributed by atoms with E-state index in [0.29, 0.717) is 17.5 Å². The lowest BCUT2D eigenvalue weighted by Crippen LogP contribution is -2.60. The minimum absolute atomic E-state index is 0.0752. The monoisotopic (exact) mass is 312 g/mol. The molecule has 0 unspecified atom stereocenters. The molecule has 1 aliphatic carbocycles. The second kappa shape index (κ2) is 6.00. The number of hydrogen-bond acceptors (Lipinski definition) is 3. The first-order chi connectivity index (χ1) is 10.3. The molecule has 1 aliphatic rings. The summed E-state index contributed by atoms with van der Waals surface area (Å²) in [5, 5.41) is 14.3. The number of carbonyl (C=O) groups is 2. The number of hydrogen-bond donors (Lipinski definition) is 3. The van der Waals surface area contributed by atoms with Gasteiger partial charge in [-0.1, -0.05) is 12.1 Å². The van der Waals surface area contributed by atoms with Crippen LogP contribution >= 0.6 is 0 Å². The molecule has 7 heteroatoms. The average Bonchev–Trinajstić information content (AvgIpc) is 2.49. The Balaban J connectivity index is 1.95. The second-order valence-electron chi connectivity index (χ2n) is 5.42. The van der Waals surface area contributed by atoms with E-state index < -0.39 is 17.4 Å². The Morgan fingerprint density at radius 2 is 1.86 bits per heavy atom. The predicted molar refractivity (Wildman–Crippen MR) is 75.4 cm³/mol. The van der Waals surface area contributed by atoms with Crippen molar-refractivity contribution in [3.05, 3.63) is 35.4 Å². The molecule has 3 N–H and O–H groups in total. The van der Waals surface area contributed by atoms with Gasteiger partial charge < -0.3 is 15.7 Å². The maximum atomic E-state index is 13.9. The summed E-state index contributed by atoms with van der Waals surface area (Å²) in [6.07, 6.45) is 0.336. The zero-order chi connectivity index (χ0) is 16.4. The normalized spacial score (nSPS) is 16.5. The van der Waals surface area contributed by atoms with Crippen LogP contribution < -0.4 is 10.6 Å². The molecular formula is C15H18F2N2O3. The summed E-state index contributed by atoms with van der Waals surface area (Å²) in [6.45, 7) is -0.0987. The maximum Gasteiger partial charge on any atom is 0.352 e. The van der Waals surface area contributed by atoms with E-state index in [9.17, 15) is 23.5 Å². The second-order valence-corrected chi connectivity index (χ2v) is 5.42. The highest BCUT2D eigenvalue weighted by atomic mass is 19.3. The van der Waals surface area contributed by atoms with Crippen molar-refractivity contribution in [1.82, 2.24) is 10.6 Å². The first kappa shape index (κ1) is 16.4. The minimum Gasteiger partial charge on any atom is -0.383 e. The van der Waals surface area contributed by atoms with Crippen molar-refractivity contribution in [3.63, 3.8) is 0 Å². The molecule has 1 aromatic rings. The molecule has 0 heterocycles. The van der Waals surface area contributed by atoms with Gasteiger partial charge in [0, 0.05) is 19.2 Å². The van der Waals surface area contributed by atoms with Gasteiger partial charge in [0.25, 0.3) is 11.8 Å². The highest BCUT2D eigenvalue weighted by Gasteiger charge is 2.61. The highest BCUT2D eigenvalue weighted by molar-refractivity contribution is 5.94. The van der Waals surface area contributed by atoms with E-state index in [1.165, 1.54) is 19.2 Å². The van der Waals surface area contributed by atoms with E-state index in [4.69, 9.17) is 0 Å². The van der Waals surface area contributed by atoms with Crippen molar-refractivity contribution in [3.8, 4) is 0 Å². The van der Waals surface area contributed by atoms with E-state index in [2.05, 4.69) is 10.6 Å². The Bertz CT molecular complexity index is 569. The van der Waals surface area contributed by atoms with Crippen LogP contribution in [0.2, 0.25) is 0 Å². The molecule has 0 spiro atoms. The molecule has 1 aromatic carbocycles. The summed E-state index contributed by atoms with van der Waals surface area (Å²) in [4.78, 5) is 23.0. The molecule has 0 aromatic heterocycles. The molecule has 5 nitrogen and oxygen atoms in total. The van der Waals surface area contributed by atoms with Crippen LogP contribution in [0.25, 0.3) is 0 Å². The number of nitrogens with one attached hydrogen (secondary N) is 2.